The summed E-state index contributed by atoms with van der Waals surface area (Å²) in [5.41, 5.74) is 3.16. The van der Waals surface area contributed by atoms with E-state index in [1.165, 1.54) is 15.7 Å². The summed E-state index contributed by atoms with van der Waals surface area (Å²) in [6, 6.07) is 14.1. The summed E-state index contributed by atoms with van der Waals surface area (Å²) in [7, 11) is 0. The third-order valence-corrected chi connectivity index (χ3v) is 8.07. The van der Waals surface area contributed by atoms with E-state index in [1.807, 2.05) is 28.8 Å². The number of amides is 2. The first kappa shape index (κ1) is 19.0. The molecule has 1 N–H and O–H groups in total. The van der Waals surface area contributed by atoms with Gasteiger partial charge in [0.2, 0.25) is 0 Å². The zero-order valence-corrected chi connectivity index (χ0v) is 18.7. The van der Waals surface area contributed by atoms with Crippen LogP contribution in [0.1, 0.15) is 21.5 Å². The first-order chi connectivity index (χ1) is 13.1. The molecule has 137 valence electrons. The summed E-state index contributed by atoms with van der Waals surface area (Å²) in [5, 5.41) is 2.44. The predicted molar refractivity (Wildman–Crippen MR) is 114 cm³/mol. The molecule has 2 aliphatic rings. The Morgan fingerprint density at radius 2 is 1.93 bits per heavy atom. The zero-order chi connectivity index (χ0) is 18.8. The van der Waals surface area contributed by atoms with Crippen molar-refractivity contribution in [3.8, 4) is 0 Å². The molecule has 0 atom stereocenters. The van der Waals surface area contributed by atoms with Crippen molar-refractivity contribution < 1.29 is 9.59 Å². The Morgan fingerprint density at radius 1 is 1.11 bits per heavy atom. The van der Waals surface area contributed by atoms with Gasteiger partial charge >= 0.3 is 178 Å². The van der Waals surface area contributed by atoms with Gasteiger partial charge in [0, 0.05) is 0 Å². The molecule has 0 aliphatic carbocycles. The molecule has 7 heteroatoms. The van der Waals surface area contributed by atoms with E-state index < -0.39 is 0 Å². The number of thioether (sulfide) groups is 1. The van der Waals surface area contributed by atoms with Gasteiger partial charge in [0.25, 0.3) is 0 Å². The molecule has 0 bridgehead atoms. The number of nitrogens with one attached hydrogen (secondary N) is 1. The molecule has 2 aliphatic heterocycles. The maximum atomic E-state index is 12.3. The van der Waals surface area contributed by atoms with Crippen LogP contribution in [0.2, 0.25) is 0 Å². The fourth-order valence-corrected chi connectivity index (χ4v) is 6.24. The number of rotatable bonds is 4. The average Bonchev–Trinajstić information content (AvgIpc) is 3.15. The van der Waals surface area contributed by atoms with E-state index in [-0.39, 0.29) is 27.6 Å². The molecular formula is C20H17AsBrN2O2S. The molecular weight excluding hydrogens is 487 g/mol. The van der Waals surface area contributed by atoms with E-state index in [2.05, 4.69) is 50.4 Å². The van der Waals surface area contributed by atoms with Crippen LogP contribution in [0, 0.1) is 0 Å². The van der Waals surface area contributed by atoms with Crippen molar-refractivity contribution in [1.82, 2.24) is 10.2 Å². The number of imide groups is 1. The molecule has 0 aromatic heterocycles. The Balaban J connectivity index is 1.52. The van der Waals surface area contributed by atoms with Crippen molar-refractivity contribution in [3.05, 3.63) is 68.5 Å². The van der Waals surface area contributed by atoms with Crippen LogP contribution in [0.25, 0.3) is 5.57 Å². The molecule has 1 fully saturated rings. The van der Waals surface area contributed by atoms with Gasteiger partial charge in [-0.1, -0.05) is 0 Å². The summed E-state index contributed by atoms with van der Waals surface area (Å²) in [6.45, 7) is 2.16. The minimum absolute atomic E-state index is 0.308. The van der Waals surface area contributed by atoms with Crippen LogP contribution in [0.15, 0.2) is 51.8 Å². The van der Waals surface area contributed by atoms with Gasteiger partial charge in [0.15, 0.2) is 0 Å². The van der Waals surface area contributed by atoms with E-state index >= 15 is 0 Å². The number of benzene rings is 2. The number of carbonyl (C=O) groups is 2. The zero-order valence-electron chi connectivity index (χ0n) is 14.4. The standard InChI is InChI=1S/C20H17AsBrN2O2S/c22-15-5-6-16-17(9-15)18(20(26)23-19(16)25)10-21-14-3-1-13(2-4-14)11-24-7-8-27-12-24/h1-6,9-10H,7-8,11-12H2,(H,23,25,26). The van der Waals surface area contributed by atoms with Gasteiger partial charge in [-0.2, -0.15) is 0 Å². The Hall–Kier alpha value is -1.33. The Kier molecular flexibility index (Phi) is 5.88. The normalized spacial score (nSPS) is 19.1. The first-order valence-electron chi connectivity index (χ1n) is 8.56. The molecule has 2 heterocycles. The van der Waals surface area contributed by atoms with Crippen LogP contribution < -0.4 is 9.67 Å². The van der Waals surface area contributed by atoms with E-state index in [0.717, 1.165) is 23.4 Å². The second-order valence-electron chi connectivity index (χ2n) is 6.40. The Labute approximate surface area is 177 Å². The molecule has 1 radical (unpaired) electrons. The summed E-state index contributed by atoms with van der Waals surface area (Å²) in [6.07, 6.45) is 0. The Morgan fingerprint density at radius 3 is 2.67 bits per heavy atom. The van der Waals surface area contributed by atoms with E-state index in [4.69, 9.17) is 0 Å². The minimum atomic E-state index is -0.333. The molecule has 2 aromatic carbocycles. The van der Waals surface area contributed by atoms with Crippen LogP contribution in [0.5, 0.6) is 0 Å². The quantitative estimate of drug-likeness (QED) is 0.396. The average molecular weight is 504 g/mol. The maximum absolute atomic E-state index is 12.3. The van der Waals surface area contributed by atoms with E-state index in [9.17, 15) is 9.59 Å². The van der Waals surface area contributed by atoms with Crippen molar-refractivity contribution >= 4 is 65.2 Å². The molecule has 0 spiro atoms. The first-order valence-corrected chi connectivity index (χ1v) is 12.5. The monoisotopic (exact) mass is 503 g/mol. The van der Waals surface area contributed by atoms with Gasteiger partial charge in [-0.25, -0.2) is 0 Å². The number of hydrogen-bond donors (Lipinski definition) is 1. The second kappa shape index (κ2) is 8.36. The van der Waals surface area contributed by atoms with Crippen molar-refractivity contribution in [2.45, 2.75) is 6.54 Å². The van der Waals surface area contributed by atoms with Gasteiger partial charge in [-0.05, 0) is 0 Å². The van der Waals surface area contributed by atoms with E-state index in [1.54, 1.807) is 6.07 Å². The van der Waals surface area contributed by atoms with E-state index in [0.29, 0.717) is 16.7 Å². The summed E-state index contributed by atoms with van der Waals surface area (Å²) in [4.78, 5) is 28.8. The van der Waals surface area contributed by atoms with Crippen LogP contribution >= 0.6 is 27.7 Å². The SMILES string of the molecule is O=C1NC(=O)c2ccc(Br)cc2C1=C[As]c1ccc(CN2CCSC2)cc1. The molecule has 4 rings (SSSR count). The molecule has 27 heavy (non-hydrogen) atoms. The van der Waals surface area contributed by atoms with Crippen LogP contribution in [0.3, 0.4) is 0 Å². The molecule has 1 saturated heterocycles. The van der Waals surface area contributed by atoms with Crippen molar-refractivity contribution in [1.29, 1.82) is 0 Å². The van der Waals surface area contributed by atoms with Crippen LogP contribution in [0.4, 0.5) is 0 Å². The molecule has 0 unspecified atom stereocenters. The number of nitrogens with zero attached hydrogens (tertiary/aromatic N) is 1. The van der Waals surface area contributed by atoms with Crippen molar-refractivity contribution in [2.24, 2.45) is 0 Å². The van der Waals surface area contributed by atoms with Gasteiger partial charge < -0.3 is 0 Å². The molecule has 2 amide bonds. The number of hydrogen-bond acceptors (Lipinski definition) is 4. The van der Waals surface area contributed by atoms with Crippen LogP contribution in [-0.4, -0.2) is 50.6 Å². The molecule has 4 nitrogen and oxygen atoms in total. The van der Waals surface area contributed by atoms with Crippen LogP contribution in [-0.2, 0) is 11.3 Å². The summed E-state index contributed by atoms with van der Waals surface area (Å²) >= 11 is 5.10. The van der Waals surface area contributed by atoms with Gasteiger partial charge in [-0.15, -0.1) is 0 Å². The van der Waals surface area contributed by atoms with Gasteiger partial charge in [-0.3, -0.25) is 0 Å². The summed E-state index contributed by atoms with van der Waals surface area (Å²) < 4.78 is 2.09. The third kappa shape index (κ3) is 4.40. The van der Waals surface area contributed by atoms with Crippen molar-refractivity contribution in [3.63, 3.8) is 0 Å². The number of fused-ring (bicyclic) bond motifs is 1. The number of halogens is 1. The van der Waals surface area contributed by atoms with Gasteiger partial charge in [0.1, 0.15) is 0 Å². The van der Waals surface area contributed by atoms with Gasteiger partial charge in [0.05, 0.1) is 0 Å². The third-order valence-electron chi connectivity index (χ3n) is 4.50. The molecule has 2 aromatic rings. The predicted octanol–water partition coefficient (Wildman–Crippen LogP) is 2.60. The fraction of sp³-hybridized carbons (Fsp3) is 0.200. The molecule has 0 saturated carbocycles. The summed E-state index contributed by atoms with van der Waals surface area (Å²) in [5.74, 6) is 1.69. The second-order valence-corrected chi connectivity index (χ2v) is 10.6. The topological polar surface area (TPSA) is 49.4 Å². The number of carbonyl (C=O) groups excluding carboxylic acids is 2. The fourth-order valence-electron chi connectivity index (χ4n) is 3.09. The van der Waals surface area contributed by atoms with Crippen molar-refractivity contribution in [2.75, 3.05) is 18.2 Å². The Bertz CT molecular complexity index is 924.